The van der Waals surface area contributed by atoms with E-state index in [9.17, 15) is 4.79 Å². The molecule has 0 aromatic carbocycles. The molecule has 2 saturated heterocycles. The molecule has 0 N–H and O–H groups in total. The summed E-state index contributed by atoms with van der Waals surface area (Å²) in [4.78, 5) is 21.5. The van der Waals surface area contributed by atoms with E-state index in [4.69, 9.17) is 4.74 Å². The highest BCUT2D eigenvalue weighted by Gasteiger charge is 2.45. The Balaban J connectivity index is 1.38. The molecule has 1 aromatic heterocycles. The Morgan fingerprint density at radius 1 is 1.20 bits per heavy atom. The standard InChI is InChI=1S/C20H31N3O2/c1-3-20(4-2)16-17(25-19(20)24)8-7-11-22-12-14-23(15-13-22)18-9-5-6-10-21-18/h5-6,9-10,17H,3-4,7-8,11-16H2,1-2H3. The zero-order chi connectivity index (χ0) is 17.7. The van der Waals surface area contributed by atoms with Crippen LogP contribution in [0.1, 0.15) is 46.0 Å². The fourth-order valence-corrected chi connectivity index (χ4v) is 4.11. The van der Waals surface area contributed by atoms with Crippen LogP contribution < -0.4 is 4.90 Å². The van der Waals surface area contributed by atoms with E-state index < -0.39 is 0 Å². The van der Waals surface area contributed by atoms with Crippen molar-refractivity contribution in [3.05, 3.63) is 24.4 Å². The molecule has 0 amide bonds. The summed E-state index contributed by atoms with van der Waals surface area (Å²) < 4.78 is 5.65. The molecule has 1 unspecified atom stereocenters. The van der Waals surface area contributed by atoms with Gasteiger partial charge in [-0.05, 0) is 44.4 Å². The summed E-state index contributed by atoms with van der Waals surface area (Å²) in [6, 6.07) is 6.09. The molecule has 0 bridgehead atoms. The summed E-state index contributed by atoms with van der Waals surface area (Å²) in [5.74, 6) is 1.11. The lowest BCUT2D eigenvalue weighted by Crippen LogP contribution is -2.47. The second-order valence-electron chi connectivity index (χ2n) is 7.38. The lowest BCUT2D eigenvalue weighted by Gasteiger charge is -2.35. The molecule has 1 atom stereocenters. The van der Waals surface area contributed by atoms with Crippen molar-refractivity contribution in [1.29, 1.82) is 0 Å². The predicted octanol–water partition coefficient (Wildman–Crippen LogP) is 3.11. The molecular formula is C20H31N3O2. The summed E-state index contributed by atoms with van der Waals surface area (Å²) in [7, 11) is 0. The minimum atomic E-state index is -0.209. The second-order valence-corrected chi connectivity index (χ2v) is 7.38. The molecule has 5 nitrogen and oxygen atoms in total. The van der Waals surface area contributed by atoms with E-state index in [0.29, 0.717) is 0 Å². The maximum atomic E-state index is 12.2. The maximum Gasteiger partial charge on any atom is 0.312 e. The van der Waals surface area contributed by atoms with Crippen molar-refractivity contribution in [2.24, 2.45) is 5.41 Å². The molecule has 3 heterocycles. The number of carbonyl (C=O) groups excluding carboxylic acids is 1. The number of anilines is 1. The van der Waals surface area contributed by atoms with E-state index in [0.717, 1.165) is 70.6 Å². The second kappa shape index (κ2) is 8.17. The smallest absolute Gasteiger partial charge is 0.312 e. The van der Waals surface area contributed by atoms with Gasteiger partial charge in [-0.25, -0.2) is 4.98 Å². The third-order valence-electron chi connectivity index (χ3n) is 6.02. The van der Waals surface area contributed by atoms with Gasteiger partial charge in [-0.15, -0.1) is 0 Å². The van der Waals surface area contributed by atoms with Crippen molar-refractivity contribution in [3.8, 4) is 0 Å². The first kappa shape index (κ1) is 18.2. The Morgan fingerprint density at radius 2 is 1.96 bits per heavy atom. The molecule has 1 aromatic rings. The predicted molar refractivity (Wildman–Crippen MR) is 99.6 cm³/mol. The first-order valence-corrected chi connectivity index (χ1v) is 9.76. The first-order chi connectivity index (χ1) is 12.2. The van der Waals surface area contributed by atoms with Gasteiger partial charge >= 0.3 is 5.97 Å². The Labute approximate surface area is 151 Å². The quantitative estimate of drug-likeness (QED) is 0.711. The number of piperazine rings is 1. The number of pyridine rings is 1. The van der Waals surface area contributed by atoms with Gasteiger partial charge < -0.3 is 9.64 Å². The number of hydrogen-bond acceptors (Lipinski definition) is 5. The van der Waals surface area contributed by atoms with Crippen molar-refractivity contribution < 1.29 is 9.53 Å². The van der Waals surface area contributed by atoms with Crippen molar-refractivity contribution in [3.63, 3.8) is 0 Å². The maximum absolute atomic E-state index is 12.2. The lowest BCUT2D eigenvalue weighted by molar-refractivity contribution is -0.149. The topological polar surface area (TPSA) is 45.7 Å². The highest BCUT2D eigenvalue weighted by molar-refractivity contribution is 5.78. The first-order valence-electron chi connectivity index (χ1n) is 9.76. The average molecular weight is 345 g/mol. The van der Waals surface area contributed by atoms with Crippen LogP contribution in [0.15, 0.2) is 24.4 Å². The molecule has 2 aliphatic heterocycles. The summed E-state index contributed by atoms with van der Waals surface area (Å²) >= 11 is 0. The normalized spacial score (nSPS) is 23.7. The minimum Gasteiger partial charge on any atom is -0.462 e. The Bertz CT molecular complexity index is 551. The number of esters is 1. The van der Waals surface area contributed by atoms with Gasteiger partial charge in [0.05, 0.1) is 5.41 Å². The van der Waals surface area contributed by atoms with E-state index in [1.54, 1.807) is 0 Å². The van der Waals surface area contributed by atoms with Crippen molar-refractivity contribution in [2.45, 2.75) is 52.1 Å². The number of rotatable bonds is 7. The van der Waals surface area contributed by atoms with E-state index in [-0.39, 0.29) is 17.5 Å². The van der Waals surface area contributed by atoms with E-state index in [2.05, 4.69) is 34.7 Å². The van der Waals surface area contributed by atoms with Crippen LogP contribution in [-0.2, 0) is 9.53 Å². The summed E-state index contributed by atoms with van der Waals surface area (Å²) in [5, 5.41) is 0. The SMILES string of the molecule is CCC1(CC)CC(CCCN2CCN(c3ccccn3)CC2)OC1=O. The Hall–Kier alpha value is -1.62. The number of ether oxygens (including phenoxy) is 1. The van der Waals surface area contributed by atoms with Gasteiger partial charge in [0.25, 0.3) is 0 Å². The van der Waals surface area contributed by atoms with Gasteiger partial charge in [-0.2, -0.15) is 0 Å². The highest BCUT2D eigenvalue weighted by Crippen LogP contribution is 2.41. The van der Waals surface area contributed by atoms with Crippen molar-refractivity contribution in [2.75, 3.05) is 37.6 Å². The Morgan fingerprint density at radius 3 is 2.56 bits per heavy atom. The van der Waals surface area contributed by atoms with Gasteiger partial charge in [0.15, 0.2) is 0 Å². The summed E-state index contributed by atoms with van der Waals surface area (Å²) in [5.41, 5.74) is -0.209. The summed E-state index contributed by atoms with van der Waals surface area (Å²) in [6.07, 6.45) is 6.78. The number of hydrogen-bond donors (Lipinski definition) is 0. The van der Waals surface area contributed by atoms with E-state index in [1.807, 2.05) is 18.3 Å². The molecule has 2 aliphatic rings. The number of carbonyl (C=O) groups is 1. The monoisotopic (exact) mass is 345 g/mol. The fourth-order valence-electron chi connectivity index (χ4n) is 4.11. The van der Waals surface area contributed by atoms with Crippen LogP contribution in [0.2, 0.25) is 0 Å². The molecule has 0 spiro atoms. The molecule has 2 fully saturated rings. The van der Waals surface area contributed by atoms with E-state index >= 15 is 0 Å². The molecule has 0 radical (unpaired) electrons. The third kappa shape index (κ3) is 4.14. The fraction of sp³-hybridized carbons (Fsp3) is 0.700. The van der Waals surface area contributed by atoms with Gasteiger partial charge in [0.1, 0.15) is 11.9 Å². The van der Waals surface area contributed by atoms with Gasteiger partial charge in [0.2, 0.25) is 0 Å². The van der Waals surface area contributed by atoms with Crippen LogP contribution in [-0.4, -0.2) is 54.7 Å². The molecule has 5 heteroatoms. The molecule has 25 heavy (non-hydrogen) atoms. The highest BCUT2D eigenvalue weighted by atomic mass is 16.6. The molecule has 3 rings (SSSR count). The number of aromatic nitrogens is 1. The van der Waals surface area contributed by atoms with Crippen LogP contribution in [0.25, 0.3) is 0 Å². The largest absolute Gasteiger partial charge is 0.462 e. The lowest BCUT2D eigenvalue weighted by atomic mass is 9.79. The van der Waals surface area contributed by atoms with Crippen molar-refractivity contribution >= 4 is 11.8 Å². The number of cyclic esters (lactones) is 1. The molecule has 138 valence electrons. The van der Waals surface area contributed by atoms with Crippen LogP contribution in [0.5, 0.6) is 0 Å². The van der Waals surface area contributed by atoms with Crippen LogP contribution >= 0.6 is 0 Å². The van der Waals surface area contributed by atoms with Crippen LogP contribution in [0.4, 0.5) is 5.82 Å². The molecular weight excluding hydrogens is 314 g/mol. The zero-order valence-corrected chi connectivity index (χ0v) is 15.6. The van der Waals surface area contributed by atoms with E-state index in [1.165, 1.54) is 0 Å². The van der Waals surface area contributed by atoms with Crippen LogP contribution in [0.3, 0.4) is 0 Å². The zero-order valence-electron chi connectivity index (χ0n) is 15.6. The van der Waals surface area contributed by atoms with Gasteiger partial charge in [-0.3, -0.25) is 9.69 Å². The summed E-state index contributed by atoms with van der Waals surface area (Å²) in [6.45, 7) is 9.52. The average Bonchev–Trinajstić information content (AvgIpc) is 2.99. The molecule has 0 saturated carbocycles. The van der Waals surface area contributed by atoms with Gasteiger partial charge in [-0.1, -0.05) is 19.9 Å². The van der Waals surface area contributed by atoms with Gasteiger partial charge in [0, 0.05) is 38.8 Å². The number of nitrogens with zero attached hydrogens (tertiary/aromatic N) is 3. The molecule has 0 aliphatic carbocycles. The third-order valence-corrected chi connectivity index (χ3v) is 6.02. The Kier molecular flexibility index (Phi) is 5.94. The minimum absolute atomic E-state index is 0.0338. The van der Waals surface area contributed by atoms with Crippen LogP contribution in [0, 0.1) is 5.41 Å². The van der Waals surface area contributed by atoms with Crippen molar-refractivity contribution in [1.82, 2.24) is 9.88 Å².